The molecule has 45 heavy (non-hydrogen) atoms. The molecule has 6 N–H and O–H groups in total. The van der Waals surface area contributed by atoms with Crippen LogP contribution in [0.4, 0.5) is 11.9 Å². The fourth-order valence-corrected chi connectivity index (χ4v) is 6.91. The number of ether oxygens (including phenoxy) is 3. The zero-order chi connectivity index (χ0) is 32.6. The summed E-state index contributed by atoms with van der Waals surface area (Å²) in [6, 6.07) is 0.414. The van der Waals surface area contributed by atoms with Gasteiger partial charge in [-0.15, -0.1) is 0 Å². The quantitative estimate of drug-likeness (QED) is 0.114. The van der Waals surface area contributed by atoms with Crippen molar-refractivity contribution in [3.63, 3.8) is 0 Å². The van der Waals surface area contributed by atoms with Gasteiger partial charge < -0.3 is 35.9 Å². The van der Waals surface area contributed by atoms with Gasteiger partial charge in [-0.05, 0) is 42.2 Å². The Morgan fingerprint density at radius 3 is 2.11 bits per heavy atom. The molecular formula is C27H36Cl2N10O6. The van der Waals surface area contributed by atoms with Crippen LogP contribution in [0.3, 0.4) is 0 Å². The van der Waals surface area contributed by atoms with Crippen molar-refractivity contribution in [3.05, 3.63) is 10.4 Å². The molecule has 0 aliphatic heterocycles. The molecule has 2 saturated carbocycles. The zero-order valence-electron chi connectivity index (χ0n) is 25.2. The van der Waals surface area contributed by atoms with E-state index < -0.39 is 0 Å². The van der Waals surface area contributed by atoms with Crippen molar-refractivity contribution >= 4 is 63.4 Å². The lowest BCUT2D eigenvalue weighted by atomic mass is 9.68. The van der Waals surface area contributed by atoms with Crippen LogP contribution in [0.25, 0.3) is 22.3 Å². The third-order valence-electron chi connectivity index (χ3n) is 8.71. The van der Waals surface area contributed by atoms with Crippen LogP contribution in [0.15, 0.2) is 0 Å². The molecule has 4 aromatic rings. The molecule has 18 heteroatoms. The first-order chi connectivity index (χ1) is 21.6. The van der Waals surface area contributed by atoms with Crippen molar-refractivity contribution in [2.24, 2.45) is 23.7 Å². The maximum atomic E-state index is 11.0. The van der Waals surface area contributed by atoms with Gasteiger partial charge in [0.25, 0.3) is 6.01 Å². The van der Waals surface area contributed by atoms with E-state index in [1.165, 1.54) is 21.1 Å². The predicted molar refractivity (Wildman–Crippen MR) is 165 cm³/mol. The van der Waals surface area contributed by atoms with Crippen molar-refractivity contribution < 1.29 is 29.2 Å². The Hall–Kier alpha value is -3.73. The van der Waals surface area contributed by atoms with Crippen LogP contribution in [-0.4, -0.2) is 89.3 Å². The van der Waals surface area contributed by atoms with E-state index in [2.05, 4.69) is 36.8 Å². The van der Waals surface area contributed by atoms with E-state index in [1.807, 2.05) is 4.57 Å². The number of imidazole rings is 2. The number of fused-ring (bicyclic) bond motifs is 2. The second kappa shape index (κ2) is 13.3. The summed E-state index contributed by atoms with van der Waals surface area (Å²) < 4.78 is 19.3. The molecule has 0 saturated heterocycles. The van der Waals surface area contributed by atoms with Crippen LogP contribution in [0, 0.1) is 23.7 Å². The molecule has 2 fully saturated rings. The Morgan fingerprint density at radius 1 is 0.867 bits per heavy atom. The van der Waals surface area contributed by atoms with Gasteiger partial charge in [0.15, 0.2) is 22.0 Å². The number of rotatable bonds is 9. The summed E-state index contributed by atoms with van der Waals surface area (Å²) in [6.45, 7) is 3.94. The van der Waals surface area contributed by atoms with Crippen LogP contribution < -0.4 is 20.9 Å². The predicted octanol–water partition coefficient (Wildman–Crippen LogP) is 2.45. The number of anilines is 2. The standard InChI is InChI=1S/C14H17Cl2N5O2.C13H19N5O4/c1-3-8-7(5-23-6(2)22)4-9(8)21-12-10(18-13(21)16)11(15)19-14(17)20-12;1-21-11-9-10(16-12(14)17-11)18(13(15-9)22-2)8-3-6(4-19)7(8)5-20/h7-9H,3-5H2,1-2H3,(H2,17,19,20);6-8,19-20H,3-5H2,1-2H3,(H2,14,16,17). The molecule has 0 aromatic carbocycles. The van der Waals surface area contributed by atoms with Gasteiger partial charge in [0.05, 0.1) is 20.8 Å². The van der Waals surface area contributed by atoms with Crippen molar-refractivity contribution in [2.45, 2.75) is 45.2 Å². The minimum atomic E-state index is -0.262. The Bertz CT molecular complexity index is 1700. The summed E-state index contributed by atoms with van der Waals surface area (Å²) in [5.41, 5.74) is 13.4. The van der Waals surface area contributed by atoms with E-state index in [-0.39, 0.29) is 66.0 Å². The lowest BCUT2D eigenvalue weighted by Crippen LogP contribution is -2.42. The summed E-state index contributed by atoms with van der Waals surface area (Å²) in [5, 5.41) is 19.4. The molecule has 4 heterocycles. The molecule has 0 amide bonds. The fraction of sp³-hybridized carbons (Fsp3) is 0.593. The molecule has 0 radical (unpaired) electrons. The van der Waals surface area contributed by atoms with Gasteiger partial charge in [-0.1, -0.05) is 24.9 Å². The van der Waals surface area contributed by atoms with Crippen molar-refractivity contribution in [1.29, 1.82) is 0 Å². The van der Waals surface area contributed by atoms with Crippen molar-refractivity contribution in [3.8, 4) is 11.9 Å². The minimum Gasteiger partial charge on any atom is -0.479 e. The van der Waals surface area contributed by atoms with Crippen molar-refractivity contribution in [2.75, 3.05) is 45.5 Å². The third-order valence-corrected chi connectivity index (χ3v) is 9.24. The summed E-state index contributed by atoms with van der Waals surface area (Å²) in [7, 11) is 2.99. The first kappa shape index (κ1) is 32.7. The Morgan fingerprint density at radius 2 is 1.51 bits per heavy atom. The fourth-order valence-electron chi connectivity index (χ4n) is 6.41. The minimum absolute atomic E-state index is 0.0313. The third kappa shape index (κ3) is 5.98. The molecule has 2 aliphatic carbocycles. The summed E-state index contributed by atoms with van der Waals surface area (Å²) >= 11 is 12.4. The van der Waals surface area contributed by atoms with E-state index in [1.54, 1.807) is 4.57 Å². The number of carbonyl (C=O) groups excluding carboxylic acids is 1. The first-order valence-corrected chi connectivity index (χ1v) is 15.2. The number of halogens is 2. The summed E-state index contributed by atoms with van der Waals surface area (Å²) in [6.07, 6.45) is 2.47. The van der Waals surface area contributed by atoms with Crippen LogP contribution in [0.2, 0.25) is 10.4 Å². The van der Waals surface area contributed by atoms with Crippen LogP contribution in [-0.2, 0) is 9.53 Å². The Labute approximate surface area is 268 Å². The number of methoxy groups -OCH3 is 2. The number of aliphatic hydroxyl groups is 2. The number of esters is 1. The number of aromatic nitrogens is 8. The van der Waals surface area contributed by atoms with Crippen LogP contribution in [0.5, 0.6) is 11.9 Å². The van der Waals surface area contributed by atoms with Gasteiger partial charge in [-0.3, -0.25) is 13.9 Å². The van der Waals surface area contributed by atoms with Gasteiger partial charge in [0, 0.05) is 38.1 Å². The average Bonchev–Trinajstić information content (AvgIpc) is 3.49. The average molecular weight is 668 g/mol. The highest BCUT2D eigenvalue weighted by Crippen LogP contribution is 2.49. The van der Waals surface area contributed by atoms with E-state index in [0.29, 0.717) is 58.5 Å². The van der Waals surface area contributed by atoms with Crippen molar-refractivity contribution in [1.82, 2.24) is 39.0 Å². The molecule has 2 aliphatic rings. The van der Waals surface area contributed by atoms with Gasteiger partial charge in [0.1, 0.15) is 5.52 Å². The highest BCUT2D eigenvalue weighted by Gasteiger charge is 2.44. The maximum Gasteiger partial charge on any atom is 0.302 e. The SMILES string of the molecule is CCC1C(COC(C)=O)CC1n1c(Cl)nc2c(Cl)nc(N)nc21.COc1nc(N)nc2c1nc(OC)n2C1CC(CO)C1CO. The topological polar surface area (TPSA) is 224 Å². The largest absolute Gasteiger partial charge is 0.479 e. The number of carbonyl (C=O) groups is 1. The Balaban J connectivity index is 0.000000178. The molecular weight excluding hydrogens is 631 g/mol. The van der Waals surface area contributed by atoms with Crippen LogP contribution in [0.1, 0.15) is 45.2 Å². The lowest BCUT2D eigenvalue weighted by molar-refractivity contribution is -0.145. The number of hydrogen-bond donors (Lipinski definition) is 4. The summed E-state index contributed by atoms with van der Waals surface area (Å²) in [4.78, 5) is 36.0. The molecule has 0 bridgehead atoms. The Kier molecular flexibility index (Phi) is 9.67. The number of nitrogens with two attached hydrogens (primary N) is 2. The van der Waals surface area contributed by atoms with Gasteiger partial charge in [-0.2, -0.15) is 24.9 Å². The number of nitrogen functional groups attached to an aromatic ring is 2. The maximum absolute atomic E-state index is 11.0. The van der Waals surface area contributed by atoms with E-state index in [9.17, 15) is 15.0 Å². The zero-order valence-corrected chi connectivity index (χ0v) is 26.7. The number of aliphatic hydroxyl groups excluding tert-OH is 2. The molecule has 6 atom stereocenters. The monoisotopic (exact) mass is 666 g/mol. The molecule has 6 rings (SSSR count). The van der Waals surface area contributed by atoms with Gasteiger partial charge in [0.2, 0.25) is 23.1 Å². The number of nitrogens with zero attached hydrogens (tertiary/aromatic N) is 8. The second-order valence-electron chi connectivity index (χ2n) is 11.1. The van der Waals surface area contributed by atoms with E-state index >= 15 is 0 Å². The smallest absolute Gasteiger partial charge is 0.302 e. The highest BCUT2D eigenvalue weighted by molar-refractivity contribution is 6.34. The molecule has 16 nitrogen and oxygen atoms in total. The first-order valence-electron chi connectivity index (χ1n) is 14.4. The highest BCUT2D eigenvalue weighted by atomic mass is 35.5. The lowest BCUT2D eigenvalue weighted by Gasteiger charge is -2.44. The molecule has 4 aromatic heterocycles. The molecule has 244 valence electrons. The van der Waals surface area contributed by atoms with E-state index in [0.717, 1.165) is 12.8 Å². The molecule has 6 unspecified atom stereocenters. The van der Waals surface area contributed by atoms with Gasteiger partial charge >= 0.3 is 5.97 Å². The van der Waals surface area contributed by atoms with Crippen LogP contribution >= 0.6 is 23.2 Å². The second-order valence-corrected chi connectivity index (χ2v) is 11.8. The normalized spacial score (nSPS) is 24.0. The van der Waals surface area contributed by atoms with Gasteiger partial charge in [-0.25, -0.2) is 4.98 Å². The van der Waals surface area contributed by atoms with E-state index in [4.69, 9.17) is 48.9 Å². The number of hydrogen-bond acceptors (Lipinski definition) is 14. The molecule has 0 spiro atoms. The summed E-state index contributed by atoms with van der Waals surface area (Å²) in [5.74, 6) is 0.767.